The van der Waals surface area contributed by atoms with Gasteiger partial charge in [-0.1, -0.05) is 13.0 Å². The molecule has 0 heterocycles. The lowest BCUT2D eigenvalue weighted by Gasteiger charge is -2.12. The van der Waals surface area contributed by atoms with Crippen molar-refractivity contribution in [3.8, 4) is 11.8 Å². The van der Waals surface area contributed by atoms with Crippen LogP contribution < -0.4 is 10.5 Å². The van der Waals surface area contributed by atoms with Gasteiger partial charge in [-0.3, -0.25) is 0 Å². The lowest BCUT2D eigenvalue weighted by atomic mass is 10.1. The predicted octanol–water partition coefficient (Wildman–Crippen LogP) is 2.53. The van der Waals surface area contributed by atoms with Crippen molar-refractivity contribution in [1.29, 1.82) is 5.26 Å². The number of ether oxygens (including phenoxy) is 1. The first-order valence-electron chi connectivity index (χ1n) is 5.19. The summed E-state index contributed by atoms with van der Waals surface area (Å²) in [4.78, 5) is 0. The zero-order valence-corrected chi connectivity index (χ0v) is 9.40. The van der Waals surface area contributed by atoms with Crippen LogP contribution in [0, 0.1) is 17.1 Å². The summed E-state index contributed by atoms with van der Waals surface area (Å²) < 4.78 is 18.8. The molecule has 4 heteroatoms. The van der Waals surface area contributed by atoms with E-state index in [1.54, 1.807) is 13.0 Å². The largest absolute Gasteiger partial charge is 0.473 e. The summed E-state index contributed by atoms with van der Waals surface area (Å²) in [5.74, 6) is -0.388. The van der Waals surface area contributed by atoms with Gasteiger partial charge in [0.25, 0.3) is 0 Å². The molecule has 1 aromatic carbocycles. The van der Waals surface area contributed by atoms with E-state index in [4.69, 9.17) is 15.7 Å². The van der Waals surface area contributed by atoms with Crippen LogP contribution in [0.1, 0.15) is 31.9 Å². The Morgan fingerprint density at radius 2 is 2.25 bits per heavy atom. The predicted molar refractivity (Wildman–Crippen MR) is 59.3 cm³/mol. The molecule has 2 atom stereocenters. The Balaban J connectivity index is 2.87. The van der Waals surface area contributed by atoms with Crippen LogP contribution in [0.3, 0.4) is 0 Å². The fraction of sp³-hybridized carbons (Fsp3) is 0.417. The molecular weight excluding hydrogens is 207 g/mol. The van der Waals surface area contributed by atoms with Gasteiger partial charge in [0, 0.05) is 6.04 Å². The van der Waals surface area contributed by atoms with Crippen LogP contribution in [0.2, 0.25) is 0 Å². The maximum atomic E-state index is 13.6. The summed E-state index contributed by atoms with van der Waals surface area (Å²) in [7, 11) is 0. The van der Waals surface area contributed by atoms with E-state index >= 15 is 0 Å². The van der Waals surface area contributed by atoms with Gasteiger partial charge in [-0.2, -0.15) is 5.26 Å². The molecule has 0 spiro atoms. The summed E-state index contributed by atoms with van der Waals surface area (Å²) in [6, 6.07) is 6.28. The third-order valence-electron chi connectivity index (χ3n) is 2.27. The number of rotatable bonds is 4. The lowest BCUT2D eigenvalue weighted by Crippen LogP contribution is -2.13. The molecule has 0 bridgehead atoms. The molecule has 0 aliphatic rings. The molecule has 86 valence electrons. The first kappa shape index (κ1) is 12.5. The highest BCUT2D eigenvalue weighted by molar-refractivity contribution is 5.31. The zero-order valence-electron chi connectivity index (χ0n) is 9.40. The van der Waals surface area contributed by atoms with Gasteiger partial charge in [-0.25, -0.2) is 4.39 Å². The van der Waals surface area contributed by atoms with Crippen LogP contribution in [-0.2, 0) is 0 Å². The smallest absolute Gasteiger partial charge is 0.184 e. The van der Waals surface area contributed by atoms with Gasteiger partial charge in [0.15, 0.2) is 17.7 Å². The summed E-state index contributed by atoms with van der Waals surface area (Å²) in [5.41, 5.74) is 6.33. The van der Waals surface area contributed by atoms with E-state index in [0.717, 1.165) is 0 Å². The number of nitrogens with zero attached hydrogens (tertiary/aromatic N) is 1. The van der Waals surface area contributed by atoms with Gasteiger partial charge in [-0.15, -0.1) is 0 Å². The molecule has 2 N–H and O–H groups in total. The summed E-state index contributed by atoms with van der Waals surface area (Å²) in [5, 5.41) is 8.70. The van der Waals surface area contributed by atoms with Gasteiger partial charge >= 0.3 is 0 Å². The molecule has 0 saturated carbocycles. The minimum Gasteiger partial charge on any atom is -0.473 e. The minimum atomic E-state index is -0.615. The van der Waals surface area contributed by atoms with Gasteiger partial charge in [0.05, 0.1) is 0 Å². The topological polar surface area (TPSA) is 59.0 Å². The van der Waals surface area contributed by atoms with Crippen LogP contribution >= 0.6 is 0 Å². The van der Waals surface area contributed by atoms with E-state index < -0.39 is 11.9 Å². The second-order valence-corrected chi connectivity index (χ2v) is 3.62. The SMILES string of the molecule is CCC(C#N)Oc1ccc(C(C)N)cc1F. The number of hydrogen-bond donors (Lipinski definition) is 1. The number of benzene rings is 1. The molecule has 3 nitrogen and oxygen atoms in total. The molecule has 16 heavy (non-hydrogen) atoms. The van der Waals surface area contributed by atoms with Crippen molar-refractivity contribution in [2.24, 2.45) is 5.73 Å². The fourth-order valence-electron chi connectivity index (χ4n) is 1.25. The third-order valence-corrected chi connectivity index (χ3v) is 2.27. The molecular formula is C12H15FN2O. The molecule has 2 unspecified atom stereocenters. The van der Waals surface area contributed by atoms with Crippen molar-refractivity contribution in [1.82, 2.24) is 0 Å². The molecule has 1 aromatic rings. The van der Waals surface area contributed by atoms with Crippen molar-refractivity contribution in [2.75, 3.05) is 0 Å². The number of hydrogen-bond acceptors (Lipinski definition) is 3. The Morgan fingerprint density at radius 1 is 1.56 bits per heavy atom. The molecule has 0 amide bonds. The molecule has 0 aliphatic heterocycles. The fourth-order valence-corrected chi connectivity index (χ4v) is 1.25. The standard InChI is InChI=1S/C12H15FN2O/c1-3-10(7-14)16-12-5-4-9(8(2)15)6-11(12)13/h4-6,8,10H,3,15H2,1-2H3. The van der Waals surface area contributed by atoms with E-state index in [2.05, 4.69) is 0 Å². The first-order chi connectivity index (χ1) is 7.58. The van der Waals surface area contributed by atoms with E-state index in [9.17, 15) is 4.39 Å². The van der Waals surface area contributed by atoms with E-state index in [1.165, 1.54) is 12.1 Å². The second-order valence-electron chi connectivity index (χ2n) is 3.62. The average Bonchev–Trinajstić information content (AvgIpc) is 2.27. The van der Waals surface area contributed by atoms with Crippen molar-refractivity contribution < 1.29 is 9.13 Å². The Labute approximate surface area is 94.6 Å². The molecule has 1 rings (SSSR count). The molecule has 0 aromatic heterocycles. The normalized spacial score (nSPS) is 13.9. The summed E-state index contributed by atoms with van der Waals surface area (Å²) in [6.45, 7) is 3.58. The maximum absolute atomic E-state index is 13.6. The lowest BCUT2D eigenvalue weighted by molar-refractivity contribution is 0.240. The maximum Gasteiger partial charge on any atom is 0.184 e. The van der Waals surface area contributed by atoms with Crippen molar-refractivity contribution in [3.63, 3.8) is 0 Å². The highest BCUT2D eigenvalue weighted by atomic mass is 19.1. The molecule has 0 aliphatic carbocycles. The number of halogens is 1. The van der Waals surface area contributed by atoms with Gasteiger partial charge < -0.3 is 10.5 Å². The highest BCUT2D eigenvalue weighted by Gasteiger charge is 2.11. The van der Waals surface area contributed by atoms with Crippen molar-refractivity contribution in [2.45, 2.75) is 32.4 Å². The van der Waals surface area contributed by atoms with Crippen LogP contribution in [0.15, 0.2) is 18.2 Å². The van der Waals surface area contributed by atoms with E-state index in [-0.39, 0.29) is 11.8 Å². The summed E-state index contributed by atoms with van der Waals surface area (Å²) >= 11 is 0. The Hall–Kier alpha value is -1.60. The minimum absolute atomic E-state index is 0.0952. The molecule has 0 radical (unpaired) electrons. The van der Waals surface area contributed by atoms with Crippen LogP contribution in [0.25, 0.3) is 0 Å². The zero-order chi connectivity index (χ0) is 12.1. The van der Waals surface area contributed by atoms with Crippen molar-refractivity contribution >= 4 is 0 Å². The van der Waals surface area contributed by atoms with E-state index in [0.29, 0.717) is 12.0 Å². The monoisotopic (exact) mass is 222 g/mol. The molecule has 0 fully saturated rings. The first-order valence-corrected chi connectivity index (χ1v) is 5.19. The number of nitriles is 1. The van der Waals surface area contributed by atoms with Gasteiger partial charge in [0.2, 0.25) is 0 Å². The van der Waals surface area contributed by atoms with Gasteiger partial charge in [0.1, 0.15) is 6.07 Å². The average molecular weight is 222 g/mol. The van der Waals surface area contributed by atoms with Crippen LogP contribution in [-0.4, -0.2) is 6.10 Å². The third kappa shape index (κ3) is 2.94. The van der Waals surface area contributed by atoms with Crippen LogP contribution in [0.5, 0.6) is 5.75 Å². The quantitative estimate of drug-likeness (QED) is 0.851. The van der Waals surface area contributed by atoms with Gasteiger partial charge in [-0.05, 0) is 31.0 Å². The second kappa shape index (κ2) is 5.47. The Bertz CT molecular complexity index is 398. The Morgan fingerprint density at radius 3 is 2.69 bits per heavy atom. The summed E-state index contributed by atoms with van der Waals surface area (Å²) in [6.07, 6.45) is -0.0963. The molecule has 0 saturated heterocycles. The number of nitrogens with two attached hydrogens (primary N) is 1. The van der Waals surface area contributed by atoms with E-state index in [1.807, 2.05) is 13.0 Å². The Kier molecular flexibility index (Phi) is 4.27. The van der Waals surface area contributed by atoms with Crippen molar-refractivity contribution in [3.05, 3.63) is 29.6 Å². The highest BCUT2D eigenvalue weighted by Crippen LogP contribution is 2.22. The van der Waals surface area contributed by atoms with Crippen LogP contribution in [0.4, 0.5) is 4.39 Å².